The van der Waals surface area contributed by atoms with Crippen LogP contribution in [0.3, 0.4) is 0 Å². The Morgan fingerprint density at radius 3 is 2.89 bits per heavy atom. The lowest BCUT2D eigenvalue weighted by Gasteiger charge is -2.49. The van der Waals surface area contributed by atoms with E-state index < -0.39 is 23.2 Å². The fourth-order valence-electron chi connectivity index (χ4n) is 8.30. The first-order valence-corrected chi connectivity index (χ1v) is 15.9. The summed E-state index contributed by atoms with van der Waals surface area (Å²) in [6.07, 6.45) is 5.79. The van der Waals surface area contributed by atoms with Crippen molar-refractivity contribution in [1.82, 2.24) is 14.9 Å². The number of anilines is 2. The van der Waals surface area contributed by atoms with Gasteiger partial charge in [-0.25, -0.2) is 8.78 Å². The van der Waals surface area contributed by atoms with Crippen molar-refractivity contribution in [1.29, 1.82) is 5.26 Å². The molecule has 4 atom stereocenters. The zero-order chi connectivity index (χ0) is 31.8. The summed E-state index contributed by atoms with van der Waals surface area (Å²) in [6.45, 7) is 4.15. The van der Waals surface area contributed by atoms with E-state index >= 15 is 0 Å². The van der Waals surface area contributed by atoms with Gasteiger partial charge in [-0.2, -0.15) is 15.2 Å². The Labute approximate surface area is 266 Å². The van der Waals surface area contributed by atoms with Crippen LogP contribution in [0.2, 0.25) is 0 Å². The molecule has 3 N–H and O–H groups in total. The maximum atomic E-state index is 14.5. The van der Waals surface area contributed by atoms with Gasteiger partial charge < -0.3 is 25.2 Å². The number of aromatic nitrogens is 2. The summed E-state index contributed by atoms with van der Waals surface area (Å²) in [4.78, 5) is 13.9. The number of hydrogen-bond acceptors (Lipinski definition) is 9. The first-order chi connectivity index (χ1) is 22.1. The minimum Gasteiger partial charge on any atom is -0.461 e. The average Bonchev–Trinajstić information content (AvgIpc) is 3.55. The van der Waals surface area contributed by atoms with Crippen molar-refractivity contribution in [3.05, 3.63) is 87.9 Å². The van der Waals surface area contributed by atoms with Gasteiger partial charge >= 0.3 is 6.01 Å². The van der Waals surface area contributed by atoms with Crippen molar-refractivity contribution in [3.8, 4) is 12.1 Å². The van der Waals surface area contributed by atoms with Crippen LogP contribution >= 0.6 is 0 Å². The van der Waals surface area contributed by atoms with Crippen LogP contribution in [-0.2, 0) is 29.0 Å². The van der Waals surface area contributed by atoms with Crippen molar-refractivity contribution in [3.63, 3.8) is 0 Å². The molecule has 11 heteroatoms. The Bertz CT molecular complexity index is 1810. The molecule has 3 aromatic rings. The maximum Gasteiger partial charge on any atom is 0.318 e. The van der Waals surface area contributed by atoms with Gasteiger partial charge in [-0.3, -0.25) is 4.90 Å². The van der Waals surface area contributed by atoms with E-state index in [2.05, 4.69) is 24.0 Å². The zero-order valence-electron chi connectivity index (χ0n) is 25.7. The molecule has 2 aromatic carbocycles. The highest BCUT2D eigenvalue weighted by molar-refractivity contribution is 5.66. The van der Waals surface area contributed by atoms with Gasteiger partial charge in [0.2, 0.25) is 0 Å². The molecule has 1 aliphatic carbocycles. The van der Waals surface area contributed by atoms with E-state index in [1.165, 1.54) is 12.1 Å². The van der Waals surface area contributed by atoms with Gasteiger partial charge in [-0.15, -0.1) is 0 Å². The average molecular weight is 627 g/mol. The van der Waals surface area contributed by atoms with Crippen molar-refractivity contribution < 1.29 is 23.4 Å². The van der Waals surface area contributed by atoms with E-state index in [4.69, 9.17) is 25.2 Å². The monoisotopic (exact) mass is 626 g/mol. The topological polar surface area (TPSA) is 121 Å². The van der Waals surface area contributed by atoms with Crippen LogP contribution in [0.25, 0.3) is 0 Å². The van der Waals surface area contributed by atoms with Crippen LogP contribution in [0.1, 0.15) is 65.6 Å². The number of benzene rings is 2. The molecule has 1 aromatic heterocycles. The van der Waals surface area contributed by atoms with E-state index in [0.717, 1.165) is 36.1 Å². The standard InChI is InChI=1S/C35H36F2N6O3/c1-21-8-10-35(30-25(21)6-7-28(39)26(30)15-38)14-29-27(17-46-35)31(42-18-34(44,19-42)22-4-2-5-23(36)12-22)41-32(40-29)45-20-33-9-3-11-43(33)16-24(37)13-33/h2,4-8,10,12,21,24,44H,3,9,11,13-14,16-20,39H2,1H3. The fourth-order valence-corrected chi connectivity index (χ4v) is 8.30. The minimum absolute atomic E-state index is 0.0686. The van der Waals surface area contributed by atoms with Gasteiger partial charge in [-0.1, -0.05) is 37.3 Å². The zero-order valence-corrected chi connectivity index (χ0v) is 25.7. The number of nitrogens with zero attached hydrogens (tertiary/aromatic N) is 5. The van der Waals surface area contributed by atoms with Crippen LogP contribution in [-0.4, -0.2) is 64.5 Å². The Morgan fingerprint density at radius 2 is 2.09 bits per heavy atom. The Morgan fingerprint density at radius 1 is 1.24 bits per heavy atom. The number of nitrogen functional groups attached to an aromatic ring is 1. The first kappa shape index (κ1) is 29.3. The summed E-state index contributed by atoms with van der Waals surface area (Å²) in [5.41, 5.74) is 8.20. The normalized spacial score (nSPS) is 29.2. The molecule has 5 heterocycles. The van der Waals surface area contributed by atoms with Crippen molar-refractivity contribution in [2.24, 2.45) is 0 Å². The van der Waals surface area contributed by atoms with E-state index in [9.17, 15) is 19.1 Å². The molecule has 1 spiro atoms. The second-order valence-electron chi connectivity index (χ2n) is 13.6. The third-order valence-corrected chi connectivity index (χ3v) is 10.7. The highest BCUT2D eigenvalue weighted by atomic mass is 19.1. The summed E-state index contributed by atoms with van der Waals surface area (Å²) < 4.78 is 41.5. The number of alkyl halides is 1. The van der Waals surface area contributed by atoms with Crippen LogP contribution < -0.4 is 15.4 Å². The maximum absolute atomic E-state index is 14.5. The molecule has 8 rings (SSSR count). The number of fused-ring (bicyclic) bond motifs is 4. The molecular formula is C35H36F2N6O3. The largest absolute Gasteiger partial charge is 0.461 e. The number of halogens is 2. The van der Waals surface area contributed by atoms with Gasteiger partial charge in [0.05, 0.1) is 36.5 Å². The number of β-amino-alcohol motifs (C(OH)–C–C–N with tert-alkyl or cyclic N) is 1. The predicted octanol–water partition coefficient (Wildman–Crippen LogP) is 4.37. The molecule has 0 bridgehead atoms. The molecule has 0 amide bonds. The van der Waals surface area contributed by atoms with Crippen LogP contribution in [0.15, 0.2) is 48.6 Å². The number of rotatable bonds is 5. The lowest BCUT2D eigenvalue weighted by Crippen LogP contribution is -2.60. The lowest BCUT2D eigenvalue weighted by molar-refractivity contribution is -0.0407. The summed E-state index contributed by atoms with van der Waals surface area (Å²) in [7, 11) is 0. The second-order valence-corrected chi connectivity index (χ2v) is 13.6. The van der Waals surface area contributed by atoms with Crippen molar-refractivity contribution >= 4 is 11.5 Å². The van der Waals surface area contributed by atoms with E-state index in [-0.39, 0.29) is 43.8 Å². The number of allylic oxidation sites excluding steroid dienone is 1. The summed E-state index contributed by atoms with van der Waals surface area (Å²) in [5, 5.41) is 21.6. The quantitative estimate of drug-likeness (QED) is 0.314. The Kier molecular flexibility index (Phi) is 6.66. The molecule has 238 valence electrons. The lowest BCUT2D eigenvalue weighted by atomic mass is 9.73. The number of hydrogen-bond donors (Lipinski definition) is 2. The van der Waals surface area contributed by atoms with Crippen LogP contribution in [0.5, 0.6) is 6.01 Å². The Hall–Kier alpha value is -4.11. The fraction of sp³-hybridized carbons (Fsp3) is 0.457. The Balaban J connectivity index is 1.17. The summed E-state index contributed by atoms with van der Waals surface area (Å²) >= 11 is 0. The van der Waals surface area contributed by atoms with E-state index in [1.807, 2.05) is 17.0 Å². The van der Waals surface area contributed by atoms with Gasteiger partial charge in [0.25, 0.3) is 0 Å². The van der Waals surface area contributed by atoms with Crippen LogP contribution in [0, 0.1) is 17.1 Å². The summed E-state index contributed by atoms with van der Waals surface area (Å²) in [6, 6.07) is 12.2. The van der Waals surface area contributed by atoms with Crippen molar-refractivity contribution in [2.45, 2.75) is 68.0 Å². The number of nitrogens with two attached hydrogens (primary N) is 1. The second kappa shape index (κ2) is 10.5. The number of aliphatic hydroxyl groups is 1. The third kappa shape index (κ3) is 4.49. The molecule has 4 unspecified atom stereocenters. The molecular weight excluding hydrogens is 590 g/mol. The molecule has 0 saturated carbocycles. The number of nitriles is 1. The SMILES string of the molecule is CC1C=CC2(Cc3nc(OCC45CCCN4CC(F)C5)nc(N4CC(O)(c5cccc(F)c5)C4)c3CO2)c2c1ccc(N)c2C#N. The van der Waals surface area contributed by atoms with E-state index in [0.29, 0.717) is 47.7 Å². The smallest absolute Gasteiger partial charge is 0.318 e. The highest BCUT2D eigenvalue weighted by Gasteiger charge is 2.50. The van der Waals surface area contributed by atoms with Gasteiger partial charge in [0.1, 0.15) is 41.7 Å². The van der Waals surface area contributed by atoms with Crippen molar-refractivity contribution in [2.75, 3.05) is 43.4 Å². The van der Waals surface area contributed by atoms with Gasteiger partial charge in [-0.05, 0) is 54.6 Å². The highest BCUT2D eigenvalue weighted by Crippen LogP contribution is 2.49. The molecule has 5 aliphatic rings. The predicted molar refractivity (Wildman–Crippen MR) is 166 cm³/mol. The molecule has 0 radical (unpaired) electrons. The van der Waals surface area contributed by atoms with Gasteiger partial charge in [0.15, 0.2) is 0 Å². The van der Waals surface area contributed by atoms with Gasteiger partial charge in [0, 0.05) is 36.2 Å². The molecule has 46 heavy (non-hydrogen) atoms. The van der Waals surface area contributed by atoms with Crippen LogP contribution in [0.4, 0.5) is 20.3 Å². The first-order valence-electron chi connectivity index (χ1n) is 15.9. The molecule has 3 saturated heterocycles. The van der Waals surface area contributed by atoms with E-state index in [1.54, 1.807) is 18.2 Å². The number of ether oxygens (including phenoxy) is 2. The minimum atomic E-state index is -1.25. The molecule has 9 nitrogen and oxygen atoms in total. The molecule has 3 fully saturated rings. The molecule has 4 aliphatic heterocycles. The third-order valence-electron chi connectivity index (χ3n) is 10.7. The summed E-state index contributed by atoms with van der Waals surface area (Å²) in [5.74, 6) is 0.237.